The standard InChI is InChI=1S/C11H20N4O2/c1-3-10-9(8-11(12)16)13-14-15(10)6-4-5-7-17-2/h3-8H2,1-2H3,(H2,12,16). The Balaban J connectivity index is 2.59. The molecule has 0 aliphatic heterocycles. The van der Waals surface area contributed by atoms with Crippen LogP contribution in [0.4, 0.5) is 0 Å². The Morgan fingerprint density at radius 1 is 1.47 bits per heavy atom. The third-order valence-electron chi connectivity index (χ3n) is 2.56. The van der Waals surface area contributed by atoms with Crippen molar-refractivity contribution in [1.82, 2.24) is 15.0 Å². The van der Waals surface area contributed by atoms with Gasteiger partial charge in [0.1, 0.15) is 0 Å². The first-order chi connectivity index (χ1) is 8.19. The summed E-state index contributed by atoms with van der Waals surface area (Å²) in [6.45, 7) is 3.58. The van der Waals surface area contributed by atoms with E-state index in [0.29, 0.717) is 5.69 Å². The van der Waals surface area contributed by atoms with Crippen LogP contribution in [0.2, 0.25) is 0 Å². The molecule has 17 heavy (non-hydrogen) atoms. The summed E-state index contributed by atoms with van der Waals surface area (Å²) in [5.41, 5.74) is 6.87. The molecule has 0 aliphatic rings. The molecule has 0 aromatic carbocycles. The van der Waals surface area contributed by atoms with Gasteiger partial charge in [0.2, 0.25) is 5.91 Å². The largest absolute Gasteiger partial charge is 0.385 e. The number of primary amides is 1. The van der Waals surface area contributed by atoms with Crippen molar-refractivity contribution >= 4 is 5.91 Å². The predicted octanol–water partition coefficient (Wildman–Crippen LogP) is 0.295. The number of rotatable bonds is 8. The minimum absolute atomic E-state index is 0.168. The van der Waals surface area contributed by atoms with E-state index in [1.807, 2.05) is 11.6 Å². The molecule has 0 fully saturated rings. The maximum Gasteiger partial charge on any atom is 0.223 e. The van der Waals surface area contributed by atoms with Crippen molar-refractivity contribution in [3.05, 3.63) is 11.4 Å². The SMILES string of the molecule is CCc1c(CC(N)=O)nnn1CCCCOC. The van der Waals surface area contributed by atoms with Crippen LogP contribution in [-0.4, -0.2) is 34.6 Å². The van der Waals surface area contributed by atoms with Gasteiger partial charge in [0.15, 0.2) is 0 Å². The summed E-state index contributed by atoms with van der Waals surface area (Å²) < 4.78 is 6.84. The Labute approximate surface area is 101 Å². The molecule has 6 heteroatoms. The van der Waals surface area contributed by atoms with Crippen LogP contribution in [-0.2, 0) is 28.9 Å². The highest BCUT2D eigenvalue weighted by molar-refractivity contribution is 5.76. The van der Waals surface area contributed by atoms with Crippen molar-refractivity contribution in [2.75, 3.05) is 13.7 Å². The van der Waals surface area contributed by atoms with E-state index in [2.05, 4.69) is 10.3 Å². The van der Waals surface area contributed by atoms with Gasteiger partial charge in [0.25, 0.3) is 0 Å². The molecule has 1 rings (SSSR count). The average molecular weight is 240 g/mol. The van der Waals surface area contributed by atoms with Crippen molar-refractivity contribution in [1.29, 1.82) is 0 Å². The molecule has 0 radical (unpaired) electrons. The van der Waals surface area contributed by atoms with E-state index in [4.69, 9.17) is 10.5 Å². The highest BCUT2D eigenvalue weighted by Crippen LogP contribution is 2.08. The first-order valence-electron chi connectivity index (χ1n) is 5.87. The van der Waals surface area contributed by atoms with Gasteiger partial charge in [-0.25, -0.2) is 4.68 Å². The Bertz CT molecular complexity index is 362. The summed E-state index contributed by atoms with van der Waals surface area (Å²) in [4.78, 5) is 10.9. The average Bonchev–Trinajstić information content (AvgIpc) is 2.66. The van der Waals surface area contributed by atoms with Crippen LogP contribution in [0.15, 0.2) is 0 Å². The number of nitrogens with two attached hydrogens (primary N) is 1. The summed E-state index contributed by atoms with van der Waals surface area (Å²) in [6.07, 6.45) is 2.95. The number of nitrogens with zero attached hydrogens (tertiary/aromatic N) is 3. The van der Waals surface area contributed by atoms with Crippen LogP contribution in [0.5, 0.6) is 0 Å². The van der Waals surface area contributed by atoms with Gasteiger partial charge in [-0.1, -0.05) is 12.1 Å². The highest BCUT2D eigenvalue weighted by atomic mass is 16.5. The van der Waals surface area contributed by atoms with Crippen molar-refractivity contribution in [2.24, 2.45) is 5.73 Å². The van der Waals surface area contributed by atoms with Crippen molar-refractivity contribution in [2.45, 2.75) is 39.2 Å². The van der Waals surface area contributed by atoms with Gasteiger partial charge >= 0.3 is 0 Å². The van der Waals surface area contributed by atoms with Crippen LogP contribution in [0.3, 0.4) is 0 Å². The Morgan fingerprint density at radius 2 is 2.24 bits per heavy atom. The van der Waals surface area contributed by atoms with Gasteiger partial charge in [-0.15, -0.1) is 5.10 Å². The fourth-order valence-electron chi connectivity index (χ4n) is 1.75. The van der Waals surface area contributed by atoms with Gasteiger partial charge in [0, 0.05) is 20.3 Å². The minimum atomic E-state index is -0.369. The number of carbonyl (C=O) groups excluding carboxylic acids is 1. The molecular weight excluding hydrogens is 220 g/mol. The lowest BCUT2D eigenvalue weighted by Gasteiger charge is -2.05. The molecule has 96 valence electrons. The summed E-state index contributed by atoms with van der Waals surface area (Å²) in [7, 11) is 1.69. The third kappa shape index (κ3) is 4.14. The van der Waals surface area contributed by atoms with Gasteiger partial charge in [-0.2, -0.15) is 0 Å². The lowest BCUT2D eigenvalue weighted by Crippen LogP contribution is -2.15. The van der Waals surface area contributed by atoms with Gasteiger partial charge in [0.05, 0.1) is 17.8 Å². The molecule has 0 bridgehead atoms. The van der Waals surface area contributed by atoms with E-state index in [1.54, 1.807) is 7.11 Å². The number of aryl methyl sites for hydroxylation is 1. The van der Waals surface area contributed by atoms with E-state index < -0.39 is 0 Å². The number of ether oxygens (including phenoxy) is 1. The Morgan fingerprint density at radius 3 is 2.82 bits per heavy atom. The quantitative estimate of drug-likeness (QED) is 0.662. The second kappa shape index (κ2) is 7.01. The van der Waals surface area contributed by atoms with E-state index in [-0.39, 0.29) is 12.3 Å². The topological polar surface area (TPSA) is 83.0 Å². The van der Waals surface area contributed by atoms with Crippen LogP contribution in [0.1, 0.15) is 31.2 Å². The number of carbonyl (C=O) groups is 1. The molecule has 0 aliphatic carbocycles. The monoisotopic (exact) mass is 240 g/mol. The second-order valence-corrected chi connectivity index (χ2v) is 3.90. The number of aromatic nitrogens is 3. The predicted molar refractivity (Wildman–Crippen MR) is 63.4 cm³/mol. The van der Waals surface area contributed by atoms with E-state index in [1.165, 1.54) is 0 Å². The molecule has 0 saturated carbocycles. The molecule has 2 N–H and O–H groups in total. The smallest absolute Gasteiger partial charge is 0.223 e. The maximum absolute atomic E-state index is 10.9. The van der Waals surface area contributed by atoms with E-state index in [0.717, 1.165) is 38.1 Å². The van der Waals surface area contributed by atoms with Crippen molar-refractivity contribution < 1.29 is 9.53 Å². The van der Waals surface area contributed by atoms with Gasteiger partial charge in [-0.3, -0.25) is 4.79 Å². The number of hydrogen-bond acceptors (Lipinski definition) is 4. The fourth-order valence-corrected chi connectivity index (χ4v) is 1.75. The molecule has 1 aromatic rings. The zero-order valence-corrected chi connectivity index (χ0v) is 10.5. The molecule has 0 spiro atoms. The number of unbranched alkanes of at least 4 members (excludes halogenated alkanes) is 1. The second-order valence-electron chi connectivity index (χ2n) is 3.90. The summed E-state index contributed by atoms with van der Waals surface area (Å²) in [5.74, 6) is -0.369. The first-order valence-corrected chi connectivity index (χ1v) is 5.87. The molecule has 6 nitrogen and oxygen atoms in total. The van der Waals surface area contributed by atoms with Crippen LogP contribution in [0.25, 0.3) is 0 Å². The lowest BCUT2D eigenvalue weighted by atomic mass is 10.2. The molecule has 1 amide bonds. The Hall–Kier alpha value is -1.43. The maximum atomic E-state index is 10.9. The zero-order valence-electron chi connectivity index (χ0n) is 10.5. The molecule has 1 aromatic heterocycles. The Kier molecular flexibility index (Phi) is 5.62. The minimum Gasteiger partial charge on any atom is -0.385 e. The first kappa shape index (κ1) is 13.6. The van der Waals surface area contributed by atoms with E-state index >= 15 is 0 Å². The molecule has 0 atom stereocenters. The highest BCUT2D eigenvalue weighted by Gasteiger charge is 2.12. The zero-order chi connectivity index (χ0) is 12.7. The van der Waals surface area contributed by atoms with Crippen LogP contribution >= 0.6 is 0 Å². The lowest BCUT2D eigenvalue weighted by molar-refractivity contribution is -0.117. The van der Waals surface area contributed by atoms with Crippen LogP contribution < -0.4 is 5.73 Å². The summed E-state index contributed by atoms with van der Waals surface area (Å²) in [6, 6.07) is 0. The number of hydrogen-bond donors (Lipinski definition) is 1. The van der Waals surface area contributed by atoms with Crippen LogP contribution in [0, 0.1) is 0 Å². The van der Waals surface area contributed by atoms with Crippen molar-refractivity contribution in [3.63, 3.8) is 0 Å². The fraction of sp³-hybridized carbons (Fsp3) is 0.727. The third-order valence-corrected chi connectivity index (χ3v) is 2.56. The normalized spacial score (nSPS) is 10.7. The molecule has 1 heterocycles. The summed E-state index contributed by atoms with van der Waals surface area (Å²) >= 11 is 0. The molecule has 0 unspecified atom stereocenters. The van der Waals surface area contributed by atoms with Gasteiger partial charge in [-0.05, 0) is 19.3 Å². The van der Waals surface area contributed by atoms with E-state index in [9.17, 15) is 4.79 Å². The number of amides is 1. The number of methoxy groups -OCH3 is 1. The van der Waals surface area contributed by atoms with Gasteiger partial charge < -0.3 is 10.5 Å². The summed E-state index contributed by atoms with van der Waals surface area (Å²) in [5, 5.41) is 8.06. The molecular formula is C11H20N4O2. The molecule has 0 saturated heterocycles. The van der Waals surface area contributed by atoms with Crippen molar-refractivity contribution in [3.8, 4) is 0 Å².